The molecule has 11 heteroatoms. The average molecular weight is 585 g/mol. The molecule has 3 heterocycles. The molecule has 1 amide bonds. The van der Waals surface area contributed by atoms with Gasteiger partial charge in [0.2, 0.25) is 5.91 Å². The summed E-state index contributed by atoms with van der Waals surface area (Å²) in [4.78, 5) is 30.7. The number of non-ortho nitro benzene ring substituents is 1. The Hall–Kier alpha value is -4.77. The number of methoxy groups -OCH3 is 1. The van der Waals surface area contributed by atoms with Gasteiger partial charge in [-0.3, -0.25) is 19.9 Å². The van der Waals surface area contributed by atoms with E-state index in [1.165, 1.54) is 12.1 Å². The maximum atomic E-state index is 12.9. The molecule has 2 aromatic carbocycles. The maximum absolute atomic E-state index is 12.9. The summed E-state index contributed by atoms with van der Waals surface area (Å²) in [5, 5.41) is 18.5. The van der Waals surface area contributed by atoms with E-state index in [0.717, 1.165) is 33.9 Å². The molecular weight excluding hydrogens is 552 g/mol. The molecular formula is C31H32N6O4S. The number of pyridine rings is 1. The van der Waals surface area contributed by atoms with Gasteiger partial charge in [0, 0.05) is 48.4 Å². The number of nitrogens with one attached hydrogen (secondary N) is 2. The summed E-state index contributed by atoms with van der Waals surface area (Å²) < 4.78 is 7.55. The van der Waals surface area contributed by atoms with E-state index in [-0.39, 0.29) is 30.1 Å². The number of aromatic nitrogens is 2. The fraction of sp³-hybridized carbons (Fsp3) is 0.258. The normalized spacial score (nSPS) is 16.3. The Bertz CT molecular complexity index is 1640. The van der Waals surface area contributed by atoms with Gasteiger partial charge in [-0.2, -0.15) is 0 Å². The van der Waals surface area contributed by atoms with E-state index in [1.54, 1.807) is 19.4 Å². The van der Waals surface area contributed by atoms with Crippen molar-refractivity contribution in [1.29, 1.82) is 0 Å². The zero-order valence-corrected chi connectivity index (χ0v) is 24.6. The van der Waals surface area contributed by atoms with Gasteiger partial charge in [-0.15, -0.1) is 0 Å². The molecule has 0 radical (unpaired) electrons. The number of aryl methyl sites for hydroxylation is 2. The number of carbonyl (C=O) groups excluding carboxylic acids is 1. The molecule has 2 aromatic heterocycles. The monoisotopic (exact) mass is 584 g/mol. The summed E-state index contributed by atoms with van der Waals surface area (Å²) >= 11 is 5.81. The number of thiocarbonyl (C=S) groups is 1. The van der Waals surface area contributed by atoms with Crippen LogP contribution in [-0.4, -0.2) is 44.0 Å². The van der Waals surface area contributed by atoms with E-state index < -0.39 is 4.92 Å². The Labute approximate surface area is 249 Å². The molecule has 2 atom stereocenters. The van der Waals surface area contributed by atoms with Gasteiger partial charge in [-0.25, -0.2) is 0 Å². The van der Waals surface area contributed by atoms with Gasteiger partial charge < -0.3 is 24.8 Å². The number of nitrogens with zero attached hydrogens (tertiary/aromatic N) is 4. The van der Waals surface area contributed by atoms with Crippen molar-refractivity contribution in [2.45, 2.75) is 39.3 Å². The molecule has 2 unspecified atom stereocenters. The van der Waals surface area contributed by atoms with Gasteiger partial charge in [0.15, 0.2) is 5.11 Å². The van der Waals surface area contributed by atoms with Crippen LogP contribution < -0.4 is 15.4 Å². The average Bonchev–Trinajstić information content (AvgIpc) is 3.47. The van der Waals surface area contributed by atoms with Crippen molar-refractivity contribution in [1.82, 2.24) is 19.8 Å². The Morgan fingerprint density at radius 2 is 1.88 bits per heavy atom. The van der Waals surface area contributed by atoms with E-state index in [9.17, 15) is 14.9 Å². The summed E-state index contributed by atoms with van der Waals surface area (Å²) in [6.07, 6.45) is 1.96. The first-order valence-electron chi connectivity index (χ1n) is 13.5. The molecule has 10 nitrogen and oxygen atoms in total. The standard InChI is InChI=1S/C31H32N6O4S/c1-19-8-10-22(11-9-19)33-28(38)14-16-35-30(29(34-31(35)42)25-7-5-6-15-32-25)24-17-20(2)36(21(24)3)26-18-23(37(39)40)12-13-27(26)41-4/h5-13,15,17-18,29-30H,14,16H2,1-4H3,(H,33,38)(H,34,42). The zero-order valence-electron chi connectivity index (χ0n) is 23.8. The number of carbonyl (C=O) groups is 1. The summed E-state index contributed by atoms with van der Waals surface area (Å²) in [6.45, 7) is 6.29. The summed E-state index contributed by atoms with van der Waals surface area (Å²) in [6, 6.07) is 19.5. The van der Waals surface area contributed by atoms with Crippen LogP contribution in [0.25, 0.3) is 5.69 Å². The molecule has 2 N–H and O–H groups in total. The number of rotatable bonds is 9. The van der Waals surface area contributed by atoms with Crippen LogP contribution in [0.15, 0.2) is 72.9 Å². The molecule has 0 aliphatic carbocycles. The minimum atomic E-state index is -0.419. The molecule has 1 aliphatic heterocycles. The molecule has 1 fully saturated rings. The molecule has 1 saturated heterocycles. The number of ether oxygens (including phenoxy) is 1. The SMILES string of the molecule is COc1ccc([N+](=O)[O-])cc1-n1c(C)cc(C2C(c3ccccn3)NC(=S)N2CCC(=O)Nc2ccc(C)cc2)c1C. The smallest absolute Gasteiger partial charge is 0.271 e. The molecule has 1 aliphatic rings. The van der Waals surface area contributed by atoms with E-state index in [4.69, 9.17) is 17.0 Å². The number of hydrogen-bond donors (Lipinski definition) is 2. The van der Waals surface area contributed by atoms with E-state index in [0.29, 0.717) is 23.1 Å². The molecule has 0 saturated carbocycles. The van der Waals surface area contributed by atoms with Crippen LogP contribution in [0, 0.1) is 30.9 Å². The van der Waals surface area contributed by atoms with Crippen molar-refractivity contribution in [3.05, 3.63) is 111 Å². The van der Waals surface area contributed by atoms with Crippen molar-refractivity contribution >= 4 is 34.6 Å². The lowest BCUT2D eigenvalue weighted by atomic mass is 9.96. The van der Waals surface area contributed by atoms with Gasteiger partial charge in [-0.1, -0.05) is 23.8 Å². The predicted molar refractivity (Wildman–Crippen MR) is 165 cm³/mol. The van der Waals surface area contributed by atoms with Gasteiger partial charge in [0.1, 0.15) is 5.75 Å². The third-order valence-electron chi connectivity index (χ3n) is 7.52. The highest BCUT2D eigenvalue weighted by atomic mass is 32.1. The van der Waals surface area contributed by atoms with Crippen LogP contribution in [0.2, 0.25) is 0 Å². The lowest BCUT2D eigenvalue weighted by molar-refractivity contribution is -0.384. The lowest BCUT2D eigenvalue weighted by Gasteiger charge is -2.28. The lowest BCUT2D eigenvalue weighted by Crippen LogP contribution is -2.32. The molecule has 4 aromatic rings. The highest BCUT2D eigenvalue weighted by molar-refractivity contribution is 7.80. The second-order valence-electron chi connectivity index (χ2n) is 10.3. The minimum Gasteiger partial charge on any atom is -0.495 e. The van der Waals surface area contributed by atoms with E-state index in [1.807, 2.05) is 72.7 Å². The maximum Gasteiger partial charge on any atom is 0.271 e. The Morgan fingerprint density at radius 3 is 2.55 bits per heavy atom. The fourth-order valence-corrected chi connectivity index (χ4v) is 5.82. The van der Waals surface area contributed by atoms with Gasteiger partial charge in [-0.05, 0) is 75.0 Å². The number of amides is 1. The van der Waals surface area contributed by atoms with Crippen LogP contribution in [0.3, 0.4) is 0 Å². The van der Waals surface area contributed by atoms with Gasteiger partial charge in [0.05, 0.1) is 35.5 Å². The Morgan fingerprint density at radius 1 is 1.12 bits per heavy atom. The van der Waals surface area contributed by atoms with E-state index >= 15 is 0 Å². The van der Waals surface area contributed by atoms with Crippen LogP contribution >= 0.6 is 12.2 Å². The number of nitro benzene ring substituents is 1. The third-order valence-corrected chi connectivity index (χ3v) is 7.87. The second kappa shape index (κ2) is 12.0. The number of anilines is 1. The van der Waals surface area contributed by atoms with Crippen molar-refractivity contribution in [2.75, 3.05) is 19.0 Å². The number of hydrogen-bond acceptors (Lipinski definition) is 6. The summed E-state index contributed by atoms with van der Waals surface area (Å²) in [5.74, 6) is 0.397. The first-order chi connectivity index (χ1) is 20.2. The first-order valence-corrected chi connectivity index (χ1v) is 13.9. The van der Waals surface area contributed by atoms with E-state index in [2.05, 4.69) is 21.7 Å². The first kappa shape index (κ1) is 28.7. The second-order valence-corrected chi connectivity index (χ2v) is 10.6. The van der Waals surface area contributed by atoms with Crippen LogP contribution in [0.1, 0.15) is 46.7 Å². The summed E-state index contributed by atoms with van der Waals surface area (Å²) in [7, 11) is 1.54. The minimum absolute atomic E-state index is 0.0314. The topological polar surface area (TPSA) is 115 Å². The fourth-order valence-electron chi connectivity index (χ4n) is 5.49. The van der Waals surface area contributed by atoms with Gasteiger partial charge in [0.25, 0.3) is 5.69 Å². The van der Waals surface area contributed by atoms with Crippen molar-refractivity contribution in [2.24, 2.45) is 0 Å². The zero-order chi connectivity index (χ0) is 30.0. The molecule has 42 heavy (non-hydrogen) atoms. The number of nitro groups is 1. The summed E-state index contributed by atoms with van der Waals surface area (Å²) in [5.41, 5.74) is 5.91. The van der Waals surface area contributed by atoms with Crippen LogP contribution in [0.4, 0.5) is 11.4 Å². The molecule has 0 bridgehead atoms. The van der Waals surface area contributed by atoms with Crippen LogP contribution in [-0.2, 0) is 4.79 Å². The predicted octanol–water partition coefficient (Wildman–Crippen LogP) is 5.72. The largest absolute Gasteiger partial charge is 0.495 e. The van der Waals surface area contributed by atoms with Crippen molar-refractivity contribution < 1.29 is 14.5 Å². The highest BCUT2D eigenvalue weighted by Gasteiger charge is 2.41. The quantitative estimate of drug-likeness (QED) is 0.146. The Balaban J connectivity index is 1.51. The molecule has 5 rings (SSSR count). The third kappa shape index (κ3) is 5.68. The number of benzene rings is 2. The highest BCUT2D eigenvalue weighted by Crippen LogP contribution is 2.42. The molecule has 216 valence electrons. The van der Waals surface area contributed by atoms with Crippen LogP contribution in [0.5, 0.6) is 5.75 Å². The van der Waals surface area contributed by atoms with Crippen molar-refractivity contribution in [3.63, 3.8) is 0 Å². The van der Waals surface area contributed by atoms with Gasteiger partial charge >= 0.3 is 0 Å². The molecule has 0 spiro atoms. The van der Waals surface area contributed by atoms with Crippen molar-refractivity contribution in [3.8, 4) is 11.4 Å². The Kier molecular flexibility index (Phi) is 8.21.